The van der Waals surface area contributed by atoms with Gasteiger partial charge in [0.25, 0.3) is 5.91 Å². The molecular weight excluding hydrogens is 439 g/mol. The van der Waals surface area contributed by atoms with E-state index in [4.69, 9.17) is 32.7 Å². The van der Waals surface area contributed by atoms with Gasteiger partial charge in [-0.05, 0) is 64.1 Å². The monoisotopic (exact) mass is 466 g/mol. The van der Waals surface area contributed by atoms with Crippen molar-refractivity contribution in [1.29, 1.82) is 0 Å². The summed E-state index contributed by atoms with van der Waals surface area (Å²) in [6, 6.07) is 11.2. The van der Waals surface area contributed by atoms with Crippen molar-refractivity contribution in [2.45, 2.75) is 45.8 Å². The van der Waals surface area contributed by atoms with Gasteiger partial charge in [-0.3, -0.25) is 9.59 Å². The molecule has 0 radical (unpaired) electrons. The molecule has 0 aromatic heterocycles. The highest BCUT2D eigenvalue weighted by Gasteiger charge is 2.29. The summed E-state index contributed by atoms with van der Waals surface area (Å²) >= 11 is 12.6. The van der Waals surface area contributed by atoms with Gasteiger partial charge in [-0.15, -0.1) is 0 Å². The first-order valence-corrected chi connectivity index (χ1v) is 10.6. The van der Waals surface area contributed by atoms with Crippen LogP contribution in [-0.4, -0.2) is 42.0 Å². The molecule has 0 unspecified atom stereocenters. The van der Waals surface area contributed by atoms with Crippen LogP contribution in [0.25, 0.3) is 0 Å². The second kappa shape index (κ2) is 10.7. The van der Waals surface area contributed by atoms with Crippen molar-refractivity contribution in [2.24, 2.45) is 0 Å². The average Bonchev–Trinajstić information content (AvgIpc) is 2.70. The van der Waals surface area contributed by atoms with Gasteiger partial charge in [-0.1, -0.05) is 29.3 Å². The third kappa shape index (κ3) is 7.33. The zero-order valence-electron chi connectivity index (χ0n) is 18.4. The van der Waals surface area contributed by atoms with Crippen LogP contribution in [0.4, 0.5) is 0 Å². The van der Waals surface area contributed by atoms with Crippen molar-refractivity contribution in [2.75, 3.05) is 13.7 Å². The molecule has 1 atom stereocenters. The summed E-state index contributed by atoms with van der Waals surface area (Å²) in [5.74, 6) is 0.537. The molecule has 2 aromatic rings. The number of rotatable bonds is 8. The number of carbonyl (C=O) groups is 2. The van der Waals surface area contributed by atoms with E-state index in [0.717, 1.165) is 0 Å². The Morgan fingerprint density at radius 3 is 2.10 bits per heavy atom. The van der Waals surface area contributed by atoms with E-state index in [1.165, 1.54) is 4.90 Å². The highest BCUT2D eigenvalue weighted by Crippen LogP contribution is 2.27. The maximum atomic E-state index is 13.1. The number of benzene rings is 2. The van der Waals surface area contributed by atoms with Gasteiger partial charge in [0.1, 0.15) is 17.5 Å². The predicted molar refractivity (Wildman–Crippen MR) is 123 cm³/mol. The lowest BCUT2D eigenvalue weighted by atomic mass is 10.1. The van der Waals surface area contributed by atoms with Crippen LogP contribution in [0.1, 0.15) is 33.3 Å². The number of amides is 2. The molecule has 0 aliphatic rings. The number of carbonyl (C=O) groups excluding carboxylic acids is 2. The Morgan fingerprint density at radius 2 is 1.58 bits per heavy atom. The molecule has 0 spiro atoms. The number of nitrogens with one attached hydrogen (secondary N) is 1. The lowest BCUT2D eigenvalue weighted by Crippen LogP contribution is -2.53. The average molecular weight is 467 g/mol. The van der Waals surface area contributed by atoms with Crippen molar-refractivity contribution in [3.8, 4) is 11.5 Å². The Morgan fingerprint density at radius 1 is 1.03 bits per heavy atom. The Kier molecular flexibility index (Phi) is 8.60. The van der Waals surface area contributed by atoms with Crippen LogP contribution in [0.15, 0.2) is 42.5 Å². The molecule has 0 heterocycles. The summed E-state index contributed by atoms with van der Waals surface area (Å²) in [5.41, 5.74) is 0.126. The lowest BCUT2D eigenvalue weighted by molar-refractivity contribution is -0.142. The van der Waals surface area contributed by atoms with Gasteiger partial charge < -0.3 is 19.7 Å². The summed E-state index contributed by atoms with van der Waals surface area (Å²) in [5, 5.41) is 3.74. The Bertz CT molecular complexity index is 891. The van der Waals surface area contributed by atoms with E-state index in [2.05, 4.69) is 5.32 Å². The van der Waals surface area contributed by atoms with Crippen LogP contribution in [0, 0.1) is 0 Å². The van der Waals surface area contributed by atoms with E-state index in [0.29, 0.717) is 27.1 Å². The molecule has 1 N–H and O–H groups in total. The van der Waals surface area contributed by atoms with Gasteiger partial charge in [-0.25, -0.2) is 0 Å². The minimum atomic E-state index is -0.765. The largest absolute Gasteiger partial charge is 0.497 e. The molecule has 0 bridgehead atoms. The molecule has 0 saturated heterocycles. The number of methoxy groups -OCH3 is 1. The third-order valence-electron chi connectivity index (χ3n) is 4.48. The van der Waals surface area contributed by atoms with Gasteiger partial charge in [0.15, 0.2) is 6.61 Å². The Balaban J connectivity index is 2.22. The second-order valence-electron chi connectivity index (χ2n) is 8.10. The SMILES string of the molecule is COc1ccc(OCC(=O)N(Cc2c(Cl)cccc2Cl)[C@H](C)C(=O)NC(C)(C)C)cc1. The van der Waals surface area contributed by atoms with Gasteiger partial charge in [0, 0.05) is 27.7 Å². The van der Waals surface area contributed by atoms with E-state index in [1.54, 1.807) is 56.5 Å². The number of nitrogens with zero attached hydrogens (tertiary/aromatic N) is 1. The summed E-state index contributed by atoms with van der Waals surface area (Å²) in [7, 11) is 1.57. The molecule has 2 amide bonds. The second-order valence-corrected chi connectivity index (χ2v) is 8.92. The maximum Gasteiger partial charge on any atom is 0.261 e. The molecule has 0 aliphatic carbocycles. The molecule has 0 saturated carbocycles. The molecule has 8 heteroatoms. The molecule has 0 aliphatic heterocycles. The van der Waals surface area contributed by atoms with E-state index in [-0.39, 0.29) is 25.0 Å². The first kappa shape index (κ1) is 24.8. The maximum absolute atomic E-state index is 13.1. The normalized spacial score (nSPS) is 12.1. The zero-order chi connectivity index (χ0) is 23.2. The molecular formula is C23H28Cl2N2O4. The first-order valence-electron chi connectivity index (χ1n) is 9.83. The smallest absolute Gasteiger partial charge is 0.261 e. The van der Waals surface area contributed by atoms with Crippen molar-refractivity contribution in [1.82, 2.24) is 10.2 Å². The zero-order valence-corrected chi connectivity index (χ0v) is 19.9. The number of hydrogen-bond acceptors (Lipinski definition) is 4. The van der Waals surface area contributed by atoms with Gasteiger partial charge in [-0.2, -0.15) is 0 Å². The van der Waals surface area contributed by atoms with E-state index >= 15 is 0 Å². The molecule has 2 rings (SSSR count). The van der Waals surface area contributed by atoms with Gasteiger partial charge >= 0.3 is 0 Å². The van der Waals surface area contributed by atoms with Crippen LogP contribution < -0.4 is 14.8 Å². The van der Waals surface area contributed by atoms with Crippen molar-refractivity contribution >= 4 is 35.0 Å². The van der Waals surface area contributed by atoms with Crippen LogP contribution in [0.2, 0.25) is 10.0 Å². The number of halogens is 2. The number of hydrogen-bond donors (Lipinski definition) is 1. The fourth-order valence-corrected chi connectivity index (χ4v) is 3.33. The van der Waals surface area contributed by atoms with E-state index < -0.39 is 11.6 Å². The summed E-state index contributed by atoms with van der Waals surface area (Å²) in [4.78, 5) is 27.3. The number of ether oxygens (including phenoxy) is 2. The summed E-state index contributed by atoms with van der Waals surface area (Å²) in [6.45, 7) is 7.12. The van der Waals surface area contributed by atoms with Crippen LogP contribution in [-0.2, 0) is 16.1 Å². The Labute approximate surface area is 193 Å². The predicted octanol–water partition coefficient (Wildman–Crippen LogP) is 4.71. The lowest BCUT2D eigenvalue weighted by Gasteiger charge is -2.31. The highest BCUT2D eigenvalue weighted by molar-refractivity contribution is 6.36. The minimum absolute atomic E-state index is 0.0715. The molecule has 31 heavy (non-hydrogen) atoms. The molecule has 0 fully saturated rings. The van der Waals surface area contributed by atoms with E-state index in [9.17, 15) is 9.59 Å². The van der Waals surface area contributed by atoms with Crippen LogP contribution >= 0.6 is 23.2 Å². The fraction of sp³-hybridized carbons (Fsp3) is 0.391. The van der Waals surface area contributed by atoms with Crippen LogP contribution in [0.3, 0.4) is 0 Å². The molecule has 168 valence electrons. The third-order valence-corrected chi connectivity index (χ3v) is 5.19. The summed E-state index contributed by atoms with van der Waals surface area (Å²) < 4.78 is 10.8. The van der Waals surface area contributed by atoms with Gasteiger partial charge in [0.05, 0.1) is 7.11 Å². The fourth-order valence-electron chi connectivity index (χ4n) is 2.81. The first-order chi connectivity index (χ1) is 14.5. The highest BCUT2D eigenvalue weighted by atomic mass is 35.5. The van der Waals surface area contributed by atoms with Crippen molar-refractivity contribution in [3.05, 3.63) is 58.1 Å². The van der Waals surface area contributed by atoms with Crippen molar-refractivity contribution < 1.29 is 19.1 Å². The molecule has 6 nitrogen and oxygen atoms in total. The quantitative estimate of drug-likeness (QED) is 0.611. The van der Waals surface area contributed by atoms with E-state index in [1.807, 2.05) is 20.8 Å². The van der Waals surface area contributed by atoms with Crippen molar-refractivity contribution in [3.63, 3.8) is 0 Å². The standard InChI is InChI=1S/C23H28Cl2N2O4/c1-15(22(29)26-23(2,3)4)27(13-18-19(24)7-6-8-20(18)25)21(28)14-31-17-11-9-16(30-5)10-12-17/h6-12,15H,13-14H2,1-5H3,(H,26,29)/t15-/m1/s1. The topological polar surface area (TPSA) is 67.9 Å². The van der Waals surface area contributed by atoms with Crippen LogP contribution in [0.5, 0.6) is 11.5 Å². The molecule has 2 aromatic carbocycles. The minimum Gasteiger partial charge on any atom is -0.497 e. The Hall–Kier alpha value is -2.44. The van der Waals surface area contributed by atoms with Gasteiger partial charge in [0.2, 0.25) is 5.91 Å². The summed E-state index contributed by atoms with van der Waals surface area (Å²) in [6.07, 6.45) is 0.